The quantitative estimate of drug-likeness (QED) is 0.892. The molecule has 6 heteroatoms. The highest BCUT2D eigenvalue weighted by Gasteiger charge is 2.34. The standard InChI is InChI=1S/C14H24N4OS/c1-8(2)9-3-6-11(15)12(7-9)20-14-17-16-13(19)18(14)10-4-5-10/h8-12H,3-7,15H2,1-2H3,(H,16,19). The molecule has 2 fully saturated rings. The molecule has 3 N–H and O–H groups in total. The van der Waals surface area contributed by atoms with E-state index >= 15 is 0 Å². The molecule has 3 unspecified atom stereocenters. The molecule has 1 heterocycles. The highest BCUT2D eigenvalue weighted by molar-refractivity contribution is 7.99. The van der Waals surface area contributed by atoms with Crippen molar-refractivity contribution >= 4 is 11.8 Å². The summed E-state index contributed by atoms with van der Waals surface area (Å²) in [5, 5.41) is 8.02. The molecule has 2 aliphatic rings. The summed E-state index contributed by atoms with van der Waals surface area (Å²) in [7, 11) is 0. The van der Waals surface area contributed by atoms with Crippen molar-refractivity contribution in [1.29, 1.82) is 0 Å². The van der Waals surface area contributed by atoms with Gasteiger partial charge >= 0.3 is 5.69 Å². The highest BCUT2D eigenvalue weighted by Crippen LogP contribution is 2.41. The lowest BCUT2D eigenvalue weighted by molar-refractivity contribution is 0.266. The van der Waals surface area contributed by atoms with Crippen LogP contribution in [0.3, 0.4) is 0 Å². The lowest BCUT2D eigenvalue weighted by Gasteiger charge is -2.35. The number of aromatic nitrogens is 3. The smallest absolute Gasteiger partial charge is 0.327 e. The van der Waals surface area contributed by atoms with Crippen LogP contribution in [0.5, 0.6) is 0 Å². The van der Waals surface area contributed by atoms with Crippen LogP contribution in [-0.4, -0.2) is 26.1 Å². The van der Waals surface area contributed by atoms with Gasteiger partial charge in [-0.1, -0.05) is 25.6 Å². The molecule has 0 aromatic carbocycles. The molecule has 3 rings (SSSR count). The van der Waals surface area contributed by atoms with E-state index in [1.807, 2.05) is 4.57 Å². The van der Waals surface area contributed by atoms with E-state index in [2.05, 4.69) is 24.0 Å². The van der Waals surface area contributed by atoms with Crippen LogP contribution in [0.15, 0.2) is 9.95 Å². The van der Waals surface area contributed by atoms with Gasteiger partial charge in [-0.15, -0.1) is 5.10 Å². The van der Waals surface area contributed by atoms with Crippen molar-refractivity contribution < 1.29 is 0 Å². The fraction of sp³-hybridized carbons (Fsp3) is 0.857. The lowest BCUT2D eigenvalue weighted by atomic mass is 9.79. The molecular weight excluding hydrogens is 272 g/mol. The maximum atomic E-state index is 11.8. The Bertz CT molecular complexity index is 519. The summed E-state index contributed by atoms with van der Waals surface area (Å²) in [6.45, 7) is 4.58. The Morgan fingerprint density at radius 2 is 2.10 bits per heavy atom. The van der Waals surface area contributed by atoms with Crippen LogP contribution < -0.4 is 11.4 Å². The van der Waals surface area contributed by atoms with Gasteiger partial charge in [-0.05, 0) is 43.9 Å². The van der Waals surface area contributed by atoms with Crippen molar-refractivity contribution in [2.75, 3.05) is 0 Å². The Hall–Kier alpha value is -0.750. The molecule has 0 saturated heterocycles. The van der Waals surface area contributed by atoms with Crippen LogP contribution in [0.1, 0.15) is 52.0 Å². The van der Waals surface area contributed by atoms with E-state index in [1.54, 1.807) is 11.8 Å². The van der Waals surface area contributed by atoms with Crippen molar-refractivity contribution in [3.05, 3.63) is 10.5 Å². The molecule has 0 radical (unpaired) electrons. The third kappa shape index (κ3) is 2.81. The first-order valence-electron chi connectivity index (χ1n) is 7.65. The van der Waals surface area contributed by atoms with Crippen molar-refractivity contribution in [1.82, 2.24) is 14.8 Å². The molecule has 0 aliphatic heterocycles. The minimum atomic E-state index is -0.0696. The molecule has 5 nitrogen and oxygen atoms in total. The summed E-state index contributed by atoms with van der Waals surface area (Å²) in [4.78, 5) is 11.8. The summed E-state index contributed by atoms with van der Waals surface area (Å²) >= 11 is 1.71. The van der Waals surface area contributed by atoms with E-state index in [4.69, 9.17) is 5.73 Å². The number of aromatic amines is 1. The fourth-order valence-electron chi connectivity index (χ4n) is 3.09. The summed E-state index contributed by atoms with van der Waals surface area (Å²) in [6.07, 6.45) is 5.64. The first kappa shape index (κ1) is 14.2. The van der Waals surface area contributed by atoms with Crippen LogP contribution in [0, 0.1) is 11.8 Å². The second kappa shape index (κ2) is 5.56. The molecule has 1 aromatic rings. The van der Waals surface area contributed by atoms with Gasteiger partial charge in [0.2, 0.25) is 0 Å². The Balaban J connectivity index is 1.74. The summed E-state index contributed by atoms with van der Waals surface area (Å²) < 4.78 is 1.83. The topological polar surface area (TPSA) is 76.7 Å². The minimum absolute atomic E-state index is 0.0696. The monoisotopic (exact) mass is 296 g/mol. The molecule has 3 atom stereocenters. The Labute approximate surface area is 123 Å². The third-order valence-corrected chi connectivity index (χ3v) is 6.01. The van der Waals surface area contributed by atoms with Crippen LogP contribution in [0.25, 0.3) is 0 Å². The third-order valence-electron chi connectivity index (χ3n) is 4.67. The van der Waals surface area contributed by atoms with Gasteiger partial charge in [-0.2, -0.15) is 0 Å². The predicted molar refractivity (Wildman–Crippen MR) is 80.9 cm³/mol. The van der Waals surface area contributed by atoms with Crippen molar-refractivity contribution in [3.63, 3.8) is 0 Å². The number of hydrogen-bond donors (Lipinski definition) is 2. The van der Waals surface area contributed by atoms with E-state index < -0.39 is 0 Å². The molecule has 20 heavy (non-hydrogen) atoms. The molecule has 2 aliphatic carbocycles. The minimum Gasteiger partial charge on any atom is -0.327 e. The van der Waals surface area contributed by atoms with Gasteiger partial charge < -0.3 is 5.73 Å². The maximum Gasteiger partial charge on any atom is 0.344 e. The zero-order valence-electron chi connectivity index (χ0n) is 12.2. The van der Waals surface area contributed by atoms with Crippen molar-refractivity contribution in [3.8, 4) is 0 Å². The van der Waals surface area contributed by atoms with Gasteiger partial charge in [0.25, 0.3) is 0 Å². The molecule has 1 aromatic heterocycles. The molecule has 112 valence electrons. The largest absolute Gasteiger partial charge is 0.344 e. The first-order chi connectivity index (χ1) is 9.56. The van der Waals surface area contributed by atoms with Gasteiger partial charge in [0.05, 0.1) is 0 Å². The average Bonchev–Trinajstić information content (AvgIpc) is 3.17. The van der Waals surface area contributed by atoms with Crippen LogP contribution >= 0.6 is 11.8 Å². The second-order valence-electron chi connectivity index (χ2n) is 6.55. The summed E-state index contributed by atoms with van der Waals surface area (Å²) in [5.41, 5.74) is 6.22. The number of nitrogens with two attached hydrogens (primary N) is 1. The molecule has 0 spiro atoms. The Kier molecular flexibility index (Phi) is 3.95. The number of hydrogen-bond acceptors (Lipinski definition) is 4. The number of rotatable bonds is 4. The van der Waals surface area contributed by atoms with E-state index in [0.29, 0.717) is 17.2 Å². The van der Waals surface area contributed by atoms with Crippen molar-refractivity contribution in [2.24, 2.45) is 17.6 Å². The SMILES string of the molecule is CC(C)C1CCC(N)C(Sc2n[nH]c(=O)n2C2CC2)C1. The Morgan fingerprint density at radius 3 is 2.75 bits per heavy atom. The number of H-pyrrole nitrogens is 1. The van der Waals surface area contributed by atoms with Gasteiger partial charge in [0, 0.05) is 17.3 Å². The average molecular weight is 296 g/mol. The first-order valence-corrected chi connectivity index (χ1v) is 8.53. The number of thioether (sulfide) groups is 1. The van der Waals surface area contributed by atoms with Crippen molar-refractivity contribution in [2.45, 2.75) is 68.4 Å². The van der Waals surface area contributed by atoms with E-state index in [1.165, 1.54) is 6.42 Å². The Morgan fingerprint density at radius 1 is 1.35 bits per heavy atom. The fourth-order valence-corrected chi connectivity index (χ4v) is 4.46. The second-order valence-corrected chi connectivity index (χ2v) is 7.76. The number of nitrogens with zero attached hydrogens (tertiary/aromatic N) is 2. The van der Waals surface area contributed by atoms with Crippen LogP contribution in [-0.2, 0) is 0 Å². The van der Waals surface area contributed by atoms with E-state index in [0.717, 1.165) is 36.8 Å². The van der Waals surface area contributed by atoms with Gasteiger partial charge in [-0.3, -0.25) is 4.57 Å². The summed E-state index contributed by atoms with van der Waals surface area (Å²) in [5.74, 6) is 1.45. The van der Waals surface area contributed by atoms with E-state index in [9.17, 15) is 4.79 Å². The predicted octanol–water partition coefficient (Wildman–Crippen LogP) is 2.15. The van der Waals surface area contributed by atoms with E-state index in [-0.39, 0.29) is 11.7 Å². The zero-order valence-corrected chi connectivity index (χ0v) is 13.0. The maximum absolute atomic E-state index is 11.8. The highest BCUT2D eigenvalue weighted by atomic mass is 32.2. The van der Waals surface area contributed by atoms with Crippen LogP contribution in [0.4, 0.5) is 0 Å². The molecule has 0 bridgehead atoms. The molecule has 0 amide bonds. The van der Waals surface area contributed by atoms with Gasteiger partial charge in [0.1, 0.15) is 0 Å². The molecule has 2 saturated carbocycles. The zero-order chi connectivity index (χ0) is 14.3. The normalized spacial score (nSPS) is 30.9. The number of nitrogens with one attached hydrogen (secondary N) is 1. The molecular formula is C14H24N4OS. The van der Waals surface area contributed by atoms with Gasteiger partial charge in [-0.25, -0.2) is 9.89 Å². The summed E-state index contributed by atoms with van der Waals surface area (Å²) in [6, 6.07) is 0.582. The van der Waals surface area contributed by atoms with Crippen LogP contribution in [0.2, 0.25) is 0 Å². The lowest BCUT2D eigenvalue weighted by Crippen LogP contribution is -2.39. The van der Waals surface area contributed by atoms with Gasteiger partial charge in [0.15, 0.2) is 5.16 Å².